The molecule has 1 N–H and O–H groups in total. The fraction of sp³-hybridized carbons (Fsp3) is 0.602. The number of carboxylic acids is 1. The van der Waals surface area contributed by atoms with Crippen molar-refractivity contribution in [1.82, 2.24) is 39.0 Å². The number of aliphatic carboxylic acids is 1. The average molecular weight is 1940 g/mol. The molecule has 7 saturated heterocycles. The minimum absolute atomic E-state index is 0.0562. The smallest absolute Gasteiger partial charge is 0.410 e. The number of halogens is 3. The Balaban J connectivity index is 0.000000234. The highest BCUT2D eigenvalue weighted by molar-refractivity contribution is 6.31. The molecule has 5 aromatic rings. The predicted octanol–water partition coefficient (Wildman–Crippen LogP) is 20.1. The number of hydrogen-bond acceptors (Lipinski definition) is 22. The number of nitriles is 3. The van der Waals surface area contributed by atoms with Gasteiger partial charge in [0.15, 0.2) is 11.8 Å². The zero-order valence-corrected chi connectivity index (χ0v) is 85.0. The van der Waals surface area contributed by atoms with E-state index >= 15 is 0 Å². The van der Waals surface area contributed by atoms with Gasteiger partial charge in [0.05, 0.1) is 55.6 Å². The summed E-state index contributed by atoms with van der Waals surface area (Å²) in [5, 5.41) is 38.6. The van der Waals surface area contributed by atoms with Gasteiger partial charge in [0.1, 0.15) is 40.4 Å². The topological polar surface area (TPSA) is 369 Å². The highest BCUT2D eigenvalue weighted by atomic mass is 35.5. The van der Waals surface area contributed by atoms with Crippen molar-refractivity contribution in [3.63, 3.8) is 0 Å². The molecule has 5 amide bonds. The van der Waals surface area contributed by atoms with Gasteiger partial charge in [-0.1, -0.05) is 110 Å². The Labute approximate surface area is 817 Å². The molecule has 33 heteroatoms. The number of ether oxygens (including phenoxy) is 7. The molecule has 0 radical (unpaired) electrons. The number of likely N-dealkylation sites (tertiary alicyclic amines) is 5. The molecule has 0 saturated carbocycles. The van der Waals surface area contributed by atoms with Crippen molar-refractivity contribution in [3.05, 3.63) is 157 Å². The highest BCUT2D eigenvalue weighted by Crippen LogP contribution is 2.49. The molecule has 5 atom stereocenters. The van der Waals surface area contributed by atoms with Crippen LogP contribution < -0.4 is 0 Å². The number of hydrogen-bond donors (Lipinski definition) is 1. The Morgan fingerprint density at radius 2 is 0.912 bits per heavy atom. The normalized spacial score (nSPS) is 18.9. The van der Waals surface area contributed by atoms with Gasteiger partial charge in [-0.3, -0.25) is 33.7 Å². The Morgan fingerprint density at radius 3 is 1.30 bits per heavy atom. The van der Waals surface area contributed by atoms with E-state index in [1.54, 1.807) is 110 Å². The third kappa shape index (κ3) is 32.0. The number of aryl methyl sites for hydroxylation is 1. The molecule has 7 aliphatic rings. The minimum atomic E-state index is -1.22. The molecule has 136 heavy (non-hydrogen) atoms. The maximum Gasteiger partial charge on any atom is 0.410 e. The van der Waals surface area contributed by atoms with Gasteiger partial charge in [-0.15, -0.1) is 0 Å². The molecule has 2 bridgehead atoms. The minimum Gasteiger partial charge on any atom is -0.480 e. The van der Waals surface area contributed by atoms with Crippen LogP contribution in [-0.4, -0.2) is 230 Å². The number of para-hydroxylation sites is 2. The van der Waals surface area contributed by atoms with Crippen LogP contribution in [-0.2, 0) is 78.2 Å². The second-order valence-corrected chi connectivity index (χ2v) is 41.5. The van der Waals surface area contributed by atoms with Gasteiger partial charge < -0.3 is 67.3 Å². The summed E-state index contributed by atoms with van der Waals surface area (Å²) in [6, 6.07) is 38.8. The summed E-state index contributed by atoms with van der Waals surface area (Å²) in [4.78, 5) is 138. The van der Waals surface area contributed by atoms with E-state index in [0.29, 0.717) is 144 Å². The number of esters is 3. The van der Waals surface area contributed by atoms with Crippen LogP contribution in [0.5, 0.6) is 0 Å². The molecular weight excluding hydrogens is 1800 g/mol. The van der Waals surface area contributed by atoms with Crippen molar-refractivity contribution < 1.29 is 86.2 Å². The van der Waals surface area contributed by atoms with Gasteiger partial charge >= 0.3 is 48.3 Å². The van der Waals surface area contributed by atoms with Crippen molar-refractivity contribution in [1.29, 1.82) is 15.8 Å². The summed E-state index contributed by atoms with van der Waals surface area (Å²) >= 11 is 18.8. The van der Waals surface area contributed by atoms with E-state index in [4.69, 9.17) is 80.0 Å². The number of ketones is 1. The van der Waals surface area contributed by atoms with Crippen LogP contribution in [0, 0.1) is 64.7 Å². The summed E-state index contributed by atoms with van der Waals surface area (Å²) in [5.41, 5.74) is 1.95. The van der Waals surface area contributed by atoms with Crippen LogP contribution in [0.4, 0.5) is 19.2 Å². The molecule has 740 valence electrons. The molecule has 8 heterocycles. The van der Waals surface area contributed by atoms with Crippen molar-refractivity contribution >= 4 is 106 Å². The van der Waals surface area contributed by atoms with Gasteiger partial charge in [-0.2, -0.15) is 15.8 Å². The van der Waals surface area contributed by atoms with Gasteiger partial charge in [0.2, 0.25) is 5.91 Å². The number of imidazole rings is 1. The first kappa shape index (κ1) is 112. The van der Waals surface area contributed by atoms with E-state index in [-0.39, 0.29) is 60.0 Å². The fourth-order valence-electron chi connectivity index (χ4n) is 18.4. The van der Waals surface area contributed by atoms with Crippen LogP contribution in [0.15, 0.2) is 108 Å². The lowest BCUT2D eigenvalue weighted by Crippen LogP contribution is -2.51. The Kier molecular flexibility index (Phi) is 41.0. The number of Topliss-reactive ketones (excluding diaryl/α,β-unsaturated/α-hetero) is 1. The molecular formula is C103H139Cl3N12O18. The molecule has 3 unspecified atom stereocenters. The van der Waals surface area contributed by atoms with Crippen LogP contribution in [0.2, 0.25) is 15.1 Å². The molecule has 1 aromatic heterocycles. The van der Waals surface area contributed by atoms with E-state index in [9.17, 15) is 63.6 Å². The molecule has 0 aliphatic carbocycles. The number of carboxylic acid groups (broad SMARTS) is 1. The fourth-order valence-corrected chi connectivity index (χ4v) is 19.0. The van der Waals surface area contributed by atoms with Crippen molar-refractivity contribution in [2.75, 3.05) is 91.8 Å². The van der Waals surface area contributed by atoms with Gasteiger partial charge in [-0.25, -0.2) is 29.0 Å². The maximum atomic E-state index is 13.0. The molecule has 4 aromatic carbocycles. The van der Waals surface area contributed by atoms with Crippen LogP contribution in [0.25, 0.3) is 15.9 Å². The van der Waals surface area contributed by atoms with E-state index in [0.717, 1.165) is 66.4 Å². The van der Waals surface area contributed by atoms with E-state index in [2.05, 4.69) is 79.4 Å². The van der Waals surface area contributed by atoms with E-state index in [1.807, 2.05) is 101 Å². The standard InChI is InChI=1S/C33H43ClN4O.C21H27ClN2O4.C19H23ClN2O4.C15H22N2O4.C10H17NO3.C5H7NO2/c1-23-35-29-10-5-6-11-30(29)38(23)28-21-26-12-13-27(22-28)37(26)19-16-33(24-8-7-9-25(34)20-24)14-17-36(18-15-33)31(39)32(2,3)4;1-5-27-18(25)17(14-23)21(15-7-6-8-16(22)13-15)9-11-24(12-10-21)19(26)28-20(2,3)4;1-18(2,3)26-17(25)22-9-7-19(8-10-22,15(12-21)16(23)24)13-5-4-6-14(20)11-13;1-6-20-13(18)12(16-5)11-7-9-17(10-8-11)14(19)21-15(2,3)4;1-10(2,3)14-9(13)11-6-4-8(12)5-7-11;1-2-8-5(7)3-4-6/h5-11,20,26-28H,12-19,21-22H2,1-4H3;6-8,13,17H,5,9-12H2,1-4H3;4-6,11,15H,7-10H2,1-3H3,(H,23,24);6-10H2,1-4H3;4-7H2,1-3H3;2-3H2,1H3/t26-,27+,28?;;;;;. The SMILES string of the molecule is CC(C)(C)OC(=O)N1CCC(=O)CC1.CC(C)(C)OC(=O)N1CCC(c2cccc(Cl)c2)(C(C#N)C(=O)O)CC1.CCOC(=O)C(C#N)C1(c2cccc(Cl)c2)CCN(C(=O)OC(C)(C)C)CC1.CCOC(=O)CC#N.Cc1nc2ccccc2n1C1C[C@H]2CC[C@@H](C1)N2CCC1(c2cccc(Cl)c2)CCN(C(=O)C(C)(C)C)CC1.[C-]#[N+]C(C(=O)OCC)=C1CCN(C(=O)OC(C)(C)C)CC1. The average Bonchev–Trinajstić information content (AvgIpc) is 1.11. The number of rotatable bonds is 16. The Bertz CT molecular complexity index is 5150. The van der Waals surface area contributed by atoms with Crippen molar-refractivity contribution in [3.8, 4) is 18.2 Å². The van der Waals surface area contributed by atoms with Crippen LogP contribution >= 0.6 is 34.8 Å². The predicted molar refractivity (Wildman–Crippen MR) is 518 cm³/mol. The molecule has 0 spiro atoms. The second-order valence-electron chi connectivity index (χ2n) is 40.2. The first-order valence-corrected chi connectivity index (χ1v) is 48.2. The lowest BCUT2D eigenvalue weighted by molar-refractivity contribution is -0.149. The lowest BCUT2D eigenvalue weighted by Gasteiger charge is -2.46. The summed E-state index contributed by atoms with van der Waals surface area (Å²) in [5.74, 6) is -3.30. The van der Waals surface area contributed by atoms with Crippen LogP contribution in [0.1, 0.15) is 256 Å². The first-order chi connectivity index (χ1) is 63.8. The summed E-state index contributed by atoms with van der Waals surface area (Å²) < 4.78 is 38.3. The summed E-state index contributed by atoms with van der Waals surface area (Å²) in [7, 11) is 0. The number of carbonyl (C=O) groups is 10. The number of carbonyl (C=O) groups excluding carboxylic acids is 9. The third-order valence-electron chi connectivity index (χ3n) is 24.9. The number of fused-ring (bicyclic) bond motifs is 3. The number of aromatic nitrogens is 2. The van der Waals surface area contributed by atoms with Crippen molar-refractivity contribution in [2.45, 2.75) is 291 Å². The quantitative estimate of drug-likeness (QED) is 0.0415. The Morgan fingerprint density at radius 1 is 0.515 bits per heavy atom. The van der Waals surface area contributed by atoms with Gasteiger partial charge in [0, 0.05) is 128 Å². The number of benzene rings is 4. The number of amides is 5. The lowest BCUT2D eigenvalue weighted by atomic mass is 9.64. The maximum absolute atomic E-state index is 13.0. The Hall–Kier alpha value is -11.0. The molecule has 12 rings (SSSR count). The molecule has 30 nitrogen and oxygen atoms in total. The van der Waals surface area contributed by atoms with Gasteiger partial charge in [0.25, 0.3) is 5.70 Å². The molecule has 7 aliphatic heterocycles. The third-order valence-corrected chi connectivity index (χ3v) is 25.6. The summed E-state index contributed by atoms with van der Waals surface area (Å²) in [6.07, 6.45) is 9.95. The van der Waals surface area contributed by atoms with E-state index in [1.165, 1.54) is 36.8 Å². The van der Waals surface area contributed by atoms with Crippen molar-refractivity contribution in [2.24, 2.45) is 17.3 Å². The second kappa shape index (κ2) is 49.8. The first-order valence-electron chi connectivity index (χ1n) is 47.0. The zero-order valence-electron chi connectivity index (χ0n) is 82.7. The molecule has 7 fully saturated rings. The van der Waals surface area contributed by atoms with Gasteiger partial charge in [-0.05, 0) is 271 Å². The largest absolute Gasteiger partial charge is 0.480 e. The summed E-state index contributed by atoms with van der Waals surface area (Å²) in [6.45, 7) is 49.1. The highest BCUT2D eigenvalue weighted by Gasteiger charge is 2.52. The van der Waals surface area contributed by atoms with Crippen LogP contribution in [0.3, 0.4) is 0 Å². The monoisotopic (exact) mass is 1940 g/mol. The number of nitrogens with zero attached hydrogens (tertiary/aromatic N) is 12. The number of piperidine rings is 6. The van der Waals surface area contributed by atoms with E-state index < -0.39 is 81.1 Å². The zero-order chi connectivity index (χ0) is 101.